The van der Waals surface area contributed by atoms with Crippen LogP contribution in [0.25, 0.3) is 5.76 Å². The summed E-state index contributed by atoms with van der Waals surface area (Å²) in [4.78, 5) is 13.0. The Morgan fingerprint density at radius 1 is 1.13 bits per heavy atom. The van der Waals surface area contributed by atoms with E-state index in [1.807, 2.05) is 54.6 Å². The van der Waals surface area contributed by atoms with Gasteiger partial charge in [-0.2, -0.15) is 5.26 Å². The van der Waals surface area contributed by atoms with Gasteiger partial charge in [0.05, 0.1) is 18.1 Å². The number of esters is 1. The first-order chi connectivity index (χ1) is 14.3. The van der Waals surface area contributed by atoms with Crippen molar-refractivity contribution in [3.63, 3.8) is 0 Å². The van der Waals surface area contributed by atoms with Crippen LogP contribution in [0.2, 0.25) is 0 Å². The van der Waals surface area contributed by atoms with Gasteiger partial charge in [-0.3, -0.25) is 0 Å². The van der Waals surface area contributed by atoms with E-state index in [1.54, 1.807) is 6.92 Å². The fourth-order valence-corrected chi connectivity index (χ4v) is 3.49. The molecule has 5 nitrogen and oxygen atoms in total. The molecule has 0 saturated carbocycles. The normalized spacial score (nSPS) is 16.7. The number of nitriles is 1. The molecule has 0 unspecified atom stereocenters. The summed E-state index contributed by atoms with van der Waals surface area (Å²) >= 11 is 0. The molecule has 0 spiro atoms. The van der Waals surface area contributed by atoms with Gasteiger partial charge in [-0.05, 0) is 23.5 Å². The van der Waals surface area contributed by atoms with Gasteiger partial charge in [0.2, 0.25) is 5.88 Å². The predicted octanol–water partition coefficient (Wildman–Crippen LogP) is 4.77. The Balaban J connectivity index is 2.23. The minimum absolute atomic E-state index is 0.00528. The van der Waals surface area contributed by atoms with Crippen molar-refractivity contribution in [2.45, 2.75) is 39.0 Å². The molecule has 0 fully saturated rings. The van der Waals surface area contributed by atoms with E-state index in [9.17, 15) is 10.1 Å². The van der Waals surface area contributed by atoms with Gasteiger partial charge in [-0.15, -0.1) is 0 Å². The first-order valence-corrected chi connectivity index (χ1v) is 9.92. The van der Waals surface area contributed by atoms with Gasteiger partial charge in [0.15, 0.2) is 0 Å². The molecule has 5 heteroatoms. The van der Waals surface area contributed by atoms with Crippen LogP contribution in [0.5, 0.6) is 0 Å². The number of ether oxygens (including phenoxy) is 2. The third-order valence-electron chi connectivity index (χ3n) is 5.06. The van der Waals surface area contributed by atoms with Crippen LogP contribution in [0, 0.1) is 11.3 Å². The average molecular weight is 402 g/mol. The standard InChI is InChI=1S/C25H26N2O3/c1-5-29-24(28)21-20(16-11-13-18(14-12-16)25(2,3)4)19(15-26)23(27)30-22(21)17-9-7-6-8-10-17/h6-14,20H,5,27H2,1-4H3/t20-/m0/s1. The largest absolute Gasteiger partial charge is 0.463 e. The number of allylic oxidation sites excluding steroid dienone is 1. The van der Waals surface area contributed by atoms with Crippen molar-refractivity contribution in [2.24, 2.45) is 5.73 Å². The number of benzene rings is 2. The fourth-order valence-electron chi connectivity index (χ4n) is 3.49. The smallest absolute Gasteiger partial charge is 0.338 e. The molecule has 0 saturated heterocycles. The molecule has 0 amide bonds. The van der Waals surface area contributed by atoms with E-state index in [0.717, 1.165) is 11.1 Å². The molecule has 2 aromatic rings. The molecular formula is C25H26N2O3. The average Bonchev–Trinajstić information content (AvgIpc) is 2.73. The molecule has 0 aromatic heterocycles. The van der Waals surface area contributed by atoms with Gasteiger partial charge in [-0.1, -0.05) is 75.4 Å². The third-order valence-corrected chi connectivity index (χ3v) is 5.06. The summed E-state index contributed by atoms with van der Waals surface area (Å²) < 4.78 is 11.1. The van der Waals surface area contributed by atoms with Gasteiger partial charge in [0.1, 0.15) is 17.4 Å². The zero-order valence-corrected chi connectivity index (χ0v) is 17.7. The Kier molecular flexibility index (Phi) is 5.98. The van der Waals surface area contributed by atoms with Gasteiger partial charge in [-0.25, -0.2) is 4.79 Å². The second-order valence-electron chi connectivity index (χ2n) is 8.13. The lowest BCUT2D eigenvalue weighted by atomic mass is 9.80. The third kappa shape index (κ3) is 4.08. The van der Waals surface area contributed by atoms with Crippen molar-refractivity contribution < 1.29 is 14.3 Å². The molecule has 30 heavy (non-hydrogen) atoms. The highest BCUT2D eigenvalue weighted by atomic mass is 16.5. The monoisotopic (exact) mass is 402 g/mol. The minimum atomic E-state index is -0.674. The number of carbonyl (C=O) groups is 1. The number of hydrogen-bond acceptors (Lipinski definition) is 5. The van der Waals surface area contributed by atoms with Crippen LogP contribution in [0.1, 0.15) is 50.3 Å². The van der Waals surface area contributed by atoms with E-state index in [4.69, 9.17) is 15.2 Å². The van der Waals surface area contributed by atoms with Crippen molar-refractivity contribution in [1.29, 1.82) is 5.26 Å². The molecule has 1 atom stereocenters. The van der Waals surface area contributed by atoms with Crippen LogP contribution in [0.15, 0.2) is 71.6 Å². The summed E-state index contributed by atoms with van der Waals surface area (Å²) in [5.74, 6) is -0.890. The molecule has 0 aliphatic carbocycles. The second kappa shape index (κ2) is 8.46. The lowest BCUT2D eigenvalue weighted by molar-refractivity contribution is -0.138. The van der Waals surface area contributed by atoms with E-state index in [-0.39, 0.29) is 29.1 Å². The van der Waals surface area contributed by atoms with Crippen LogP contribution in [0.4, 0.5) is 0 Å². The zero-order chi connectivity index (χ0) is 21.9. The summed E-state index contributed by atoms with van der Waals surface area (Å²) in [6, 6.07) is 19.3. The van der Waals surface area contributed by atoms with Crippen LogP contribution < -0.4 is 5.73 Å². The minimum Gasteiger partial charge on any atom is -0.463 e. The number of carbonyl (C=O) groups excluding carboxylic acids is 1. The highest BCUT2D eigenvalue weighted by Crippen LogP contribution is 2.43. The quantitative estimate of drug-likeness (QED) is 0.745. The number of rotatable bonds is 4. The molecule has 1 heterocycles. The Labute approximate surface area is 177 Å². The van der Waals surface area contributed by atoms with Crippen molar-refractivity contribution in [3.05, 3.63) is 88.3 Å². The maximum Gasteiger partial charge on any atom is 0.338 e. The second-order valence-corrected chi connectivity index (χ2v) is 8.13. The van der Waals surface area contributed by atoms with E-state index in [2.05, 4.69) is 26.8 Å². The lowest BCUT2D eigenvalue weighted by Crippen LogP contribution is -2.26. The number of nitrogens with two attached hydrogens (primary N) is 1. The maximum absolute atomic E-state index is 13.0. The summed E-state index contributed by atoms with van der Waals surface area (Å²) in [7, 11) is 0. The Bertz CT molecular complexity index is 1040. The van der Waals surface area contributed by atoms with Gasteiger partial charge in [0, 0.05) is 5.56 Å². The molecule has 3 rings (SSSR count). The van der Waals surface area contributed by atoms with E-state index in [1.165, 1.54) is 0 Å². The predicted molar refractivity (Wildman–Crippen MR) is 116 cm³/mol. The van der Waals surface area contributed by atoms with Crippen LogP contribution >= 0.6 is 0 Å². The summed E-state index contributed by atoms with van der Waals surface area (Å²) in [6.07, 6.45) is 0. The number of hydrogen-bond donors (Lipinski definition) is 1. The maximum atomic E-state index is 13.0. The van der Waals surface area contributed by atoms with Crippen molar-refractivity contribution in [3.8, 4) is 6.07 Å². The summed E-state index contributed by atoms with van der Waals surface area (Å²) in [5.41, 5.74) is 9.21. The molecule has 0 radical (unpaired) electrons. The first kappa shape index (κ1) is 21.2. The van der Waals surface area contributed by atoms with Crippen molar-refractivity contribution >= 4 is 11.7 Å². The molecule has 2 N–H and O–H groups in total. The zero-order valence-electron chi connectivity index (χ0n) is 17.7. The highest BCUT2D eigenvalue weighted by Gasteiger charge is 2.38. The Morgan fingerprint density at radius 2 is 1.77 bits per heavy atom. The lowest BCUT2D eigenvalue weighted by Gasteiger charge is -2.29. The van der Waals surface area contributed by atoms with Gasteiger partial charge >= 0.3 is 5.97 Å². The Morgan fingerprint density at radius 3 is 2.30 bits per heavy atom. The molecular weight excluding hydrogens is 376 g/mol. The molecule has 1 aliphatic rings. The van der Waals surface area contributed by atoms with Crippen LogP contribution in [0.3, 0.4) is 0 Å². The molecule has 0 bridgehead atoms. The van der Waals surface area contributed by atoms with Crippen molar-refractivity contribution in [2.75, 3.05) is 6.61 Å². The summed E-state index contributed by atoms with van der Waals surface area (Å²) in [5, 5.41) is 9.82. The van der Waals surface area contributed by atoms with Crippen LogP contribution in [-0.2, 0) is 19.7 Å². The van der Waals surface area contributed by atoms with Gasteiger partial charge < -0.3 is 15.2 Å². The first-order valence-electron chi connectivity index (χ1n) is 9.92. The Hall–Kier alpha value is -3.52. The van der Waals surface area contributed by atoms with Crippen molar-refractivity contribution in [1.82, 2.24) is 0 Å². The SMILES string of the molecule is CCOC(=O)C1=C(c2ccccc2)OC(N)=C(C#N)[C@@H]1c1ccc(C(C)(C)C)cc1. The molecule has 154 valence electrons. The fraction of sp³-hybridized carbons (Fsp3) is 0.280. The topological polar surface area (TPSA) is 85.3 Å². The van der Waals surface area contributed by atoms with E-state index in [0.29, 0.717) is 11.3 Å². The van der Waals surface area contributed by atoms with E-state index < -0.39 is 11.9 Å². The highest BCUT2D eigenvalue weighted by molar-refractivity contribution is 5.99. The van der Waals surface area contributed by atoms with E-state index >= 15 is 0 Å². The number of nitrogens with zero attached hydrogens (tertiary/aromatic N) is 1. The molecule has 2 aromatic carbocycles. The van der Waals surface area contributed by atoms with Crippen LogP contribution in [-0.4, -0.2) is 12.6 Å². The molecule has 1 aliphatic heterocycles. The van der Waals surface area contributed by atoms with Gasteiger partial charge in [0.25, 0.3) is 0 Å². The summed E-state index contributed by atoms with van der Waals surface area (Å²) in [6.45, 7) is 8.35.